The van der Waals surface area contributed by atoms with E-state index in [0.717, 1.165) is 0 Å². The zero-order valence-corrected chi connectivity index (χ0v) is 9.84. The van der Waals surface area contributed by atoms with Crippen molar-refractivity contribution in [3.05, 3.63) is 23.3 Å². The summed E-state index contributed by atoms with van der Waals surface area (Å²) in [4.78, 5) is 12.5. The monoisotopic (exact) mass is 244 g/mol. The molecule has 6 heteroatoms. The normalized spacial score (nSPS) is 9.28. The molecule has 0 fully saturated rings. The Labute approximate surface area is 104 Å². The van der Waals surface area contributed by atoms with Crippen LogP contribution in [0.15, 0.2) is 12.1 Å². The Hall–Kier alpha value is -2.73. The summed E-state index contributed by atoms with van der Waals surface area (Å²) < 4.78 is 0. The van der Waals surface area contributed by atoms with Gasteiger partial charge in [-0.25, -0.2) is 4.79 Å². The van der Waals surface area contributed by atoms with Crippen molar-refractivity contribution in [2.45, 2.75) is 6.92 Å². The molecular formula is C12H12N4O2. The minimum Gasteiger partial charge on any atom is -0.478 e. The summed E-state index contributed by atoms with van der Waals surface area (Å²) in [5.74, 6) is -1.13. The Kier molecular flexibility index (Phi) is 4.11. The van der Waals surface area contributed by atoms with Crippen molar-refractivity contribution in [1.82, 2.24) is 0 Å². The summed E-state index contributed by atoms with van der Waals surface area (Å²) in [6, 6.07) is 6.90. The second kappa shape index (κ2) is 5.55. The molecule has 1 rings (SSSR count). The number of anilines is 2. The Morgan fingerprint density at radius 1 is 1.39 bits per heavy atom. The first-order valence-electron chi connectivity index (χ1n) is 5.13. The molecule has 92 valence electrons. The fraction of sp³-hybridized carbons (Fsp3) is 0.250. The van der Waals surface area contributed by atoms with E-state index in [4.69, 9.17) is 21.4 Å². The number of hydrogen-bond acceptors (Lipinski definition) is 5. The van der Waals surface area contributed by atoms with Gasteiger partial charge in [0, 0.05) is 11.4 Å². The number of hydrogen-bond donors (Lipinski definition) is 2. The molecule has 3 N–H and O–H groups in total. The molecule has 6 nitrogen and oxygen atoms in total. The van der Waals surface area contributed by atoms with Crippen LogP contribution in [-0.4, -0.2) is 24.2 Å². The Bertz CT molecular complexity index is 538. The number of carbonyl (C=O) groups is 1. The molecule has 0 bridgehead atoms. The molecule has 18 heavy (non-hydrogen) atoms. The minimum atomic E-state index is -1.13. The van der Waals surface area contributed by atoms with Crippen LogP contribution in [0.5, 0.6) is 0 Å². The predicted octanol–water partition coefficient (Wildman–Crippen LogP) is 1.13. The molecule has 0 amide bonds. The van der Waals surface area contributed by atoms with Gasteiger partial charge in [0.1, 0.15) is 13.1 Å². The van der Waals surface area contributed by atoms with E-state index in [1.165, 1.54) is 11.0 Å². The van der Waals surface area contributed by atoms with Gasteiger partial charge in [-0.15, -0.1) is 0 Å². The van der Waals surface area contributed by atoms with E-state index < -0.39 is 5.97 Å². The van der Waals surface area contributed by atoms with E-state index in [0.29, 0.717) is 11.3 Å². The van der Waals surface area contributed by atoms with Crippen molar-refractivity contribution >= 4 is 17.3 Å². The fourth-order valence-corrected chi connectivity index (χ4v) is 1.55. The highest BCUT2D eigenvalue weighted by atomic mass is 16.4. The summed E-state index contributed by atoms with van der Waals surface area (Å²) in [5.41, 5.74) is 6.95. The summed E-state index contributed by atoms with van der Waals surface area (Å²) in [5, 5.41) is 26.4. The minimum absolute atomic E-state index is 0.00990. The number of nitrogens with two attached hydrogens (primary N) is 1. The number of rotatable bonds is 4. The fourth-order valence-electron chi connectivity index (χ4n) is 1.55. The first-order chi connectivity index (χ1) is 8.51. The molecule has 0 aliphatic carbocycles. The van der Waals surface area contributed by atoms with Gasteiger partial charge in [-0.3, -0.25) is 0 Å². The largest absolute Gasteiger partial charge is 0.478 e. The van der Waals surface area contributed by atoms with Crippen molar-refractivity contribution in [2.24, 2.45) is 0 Å². The van der Waals surface area contributed by atoms with Crippen molar-refractivity contribution in [1.29, 1.82) is 10.5 Å². The van der Waals surface area contributed by atoms with Gasteiger partial charge < -0.3 is 15.7 Å². The third-order valence-corrected chi connectivity index (χ3v) is 2.49. The summed E-state index contributed by atoms with van der Waals surface area (Å²) >= 11 is 0. The Morgan fingerprint density at radius 3 is 2.39 bits per heavy atom. The highest BCUT2D eigenvalue weighted by Crippen LogP contribution is 2.25. The topological polar surface area (TPSA) is 114 Å². The maximum atomic E-state index is 11.0. The van der Waals surface area contributed by atoms with Crippen LogP contribution in [0.2, 0.25) is 0 Å². The van der Waals surface area contributed by atoms with Gasteiger partial charge in [0.25, 0.3) is 0 Å². The number of carboxylic acid groups (broad SMARTS) is 1. The molecule has 0 aliphatic heterocycles. The lowest BCUT2D eigenvalue weighted by Gasteiger charge is -2.20. The molecule has 0 spiro atoms. The molecule has 1 aromatic carbocycles. The summed E-state index contributed by atoms with van der Waals surface area (Å²) in [6.45, 7) is 1.70. The number of carboxylic acids is 1. The molecule has 0 heterocycles. The molecule has 0 radical (unpaired) electrons. The van der Waals surface area contributed by atoms with E-state index in [9.17, 15) is 4.79 Å². The molecule has 0 aromatic heterocycles. The van der Waals surface area contributed by atoms with Crippen LogP contribution in [0.25, 0.3) is 0 Å². The zero-order valence-electron chi connectivity index (χ0n) is 9.84. The lowest BCUT2D eigenvalue weighted by Crippen LogP contribution is -2.24. The number of nitrogen functional groups attached to an aromatic ring is 1. The number of aromatic carboxylic acids is 1. The third kappa shape index (κ3) is 2.69. The summed E-state index contributed by atoms with van der Waals surface area (Å²) in [7, 11) is 0. The second-order valence-electron chi connectivity index (χ2n) is 3.70. The first kappa shape index (κ1) is 13.3. The average molecular weight is 244 g/mol. The van der Waals surface area contributed by atoms with E-state index in [1.54, 1.807) is 13.0 Å². The highest BCUT2D eigenvalue weighted by molar-refractivity contribution is 5.95. The maximum Gasteiger partial charge on any atom is 0.337 e. The summed E-state index contributed by atoms with van der Waals surface area (Å²) in [6.07, 6.45) is 0. The molecule has 0 atom stereocenters. The number of aryl methyl sites for hydroxylation is 1. The van der Waals surface area contributed by atoms with Gasteiger partial charge in [-0.05, 0) is 24.6 Å². The Balaban J connectivity index is 3.29. The van der Waals surface area contributed by atoms with Crippen LogP contribution < -0.4 is 10.6 Å². The SMILES string of the molecule is Cc1cc(N(CC#N)CC#N)cc(C(=O)O)c1N. The standard InChI is InChI=1S/C12H12N4O2/c1-8-6-9(16(4-2-13)5-3-14)7-10(11(8)15)12(17)18/h6-7H,4-5,15H2,1H3,(H,17,18). The molecule has 1 aromatic rings. The molecule has 0 saturated carbocycles. The van der Waals surface area contributed by atoms with E-state index in [1.807, 2.05) is 12.1 Å². The van der Waals surface area contributed by atoms with Crippen molar-refractivity contribution in [2.75, 3.05) is 23.7 Å². The third-order valence-electron chi connectivity index (χ3n) is 2.49. The van der Waals surface area contributed by atoms with Crippen molar-refractivity contribution in [3.63, 3.8) is 0 Å². The average Bonchev–Trinajstić information content (AvgIpc) is 2.32. The highest BCUT2D eigenvalue weighted by Gasteiger charge is 2.15. The van der Waals surface area contributed by atoms with Crippen LogP contribution in [-0.2, 0) is 0 Å². The van der Waals surface area contributed by atoms with Crippen LogP contribution >= 0.6 is 0 Å². The predicted molar refractivity (Wildman–Crippen MR) is 66.0 cm³/mol. The van der Waals surface area contributed by atoms with Crippen molar-refractivity contribution < 1.29 is 9.90 Å². The smallest absolute Gasteiger partial charge is 0.337 e. The van der Waals surface area contributed by atoms with Crippen LogP contribution in [0.4, 0.5) is 11.4 Å². The second-order valence-corrected chi connectivity index (χ2v) is 3.70. The Morgan fingerprint density at radius 2 is 1.94 bits per heavy atom. The zero-order chi connectivity index (χ0) is 13.7. The van der Waals surface area contributed by atoms with E-state index in [-0.39, 0.29) is 24.3 Å². The molecular weight excluding hydrogens is 232 g/mol. The molecule has 0 saturated heterocycles. The number of nitrogens with zero attached hydrogens (tertiary/aromatic N) is 3. The first-order valence-corrected chi connectivity index (χ1v) is 5.13. The van der Waals surface area contributed by atoms with Gasteiger partial charge in [0.15, 0.2) is 0 Å². The van der Waals surface area contributed by atoms with Crippen molar-refractivity contribution in [3.8, 4) is 12.1 Å². The lowest BCUT2D eigenvalue weighted by atomic mass is 10.1. The van der Waals surface area contributed by atoms with Gasteiger partial charge in [-0.2, -0.15) is 10.5 Å². The van der Waals surface area contributed by atoms with E-state index in [2.05, 4.69) is 0 Å². The van der Waals surface area contributed by atoms with E-state index >= 15 is 0 Å². The van der Waals surface area contributed by atoms with Gasteiger partial charge in [-0.1, -0.05) is 0 Å². The van der Waals surface area contributed by atoms with Gasteiger partial charge in [0.2, 0.25) is 0 Å². The van der Waals surface area contributed by atoms with Gasteiger partial charge >= 0.3 is 5.97 Å². The molecule has 0 aliphatic rings. The molecule has 0 unspecified atom stereocenters. The van der Waals surface area contributed by atoms with Gasteiger partial charge in [0.05, 0.1) is 17.7 Å². The lowest BCUT2D eigenvalue weighted by molar-refractivity contribution is 0.0698. The maximum absolute atomic E-state index is 11.0. The number of benzene rings is 1. The number of nitriles is 2. The quantitative estimate of drug-likeness (QED) is 0.606. The van der Waals surface area contributed by atoms with Crippen LogP contribution in [0.1, 0.15) is 15.9 Å². The van der Waals surface area contributed by atoms with Crippen LogP contribution in [0, 0.1) is 29.6 Å². The van der Waals surface area contributed by atoms with Crippen LogP contribution in [0.3, 0.4) is 0 Å².